The molecule has 0 heterocycles. The first-order valence-electron chi connectivity index (χ1n) is 9.58. The molecule has 0 aromatic rings. The van der Waals surface area contributed by atoms with Gasteiger partial charge in [-0.2, -0.15) is 0 Å². The highest BCUT2D eigenvalue weighted by molar-refractivity contribution is 5.33. The van der Waals surface area contributed by atoms with Crippen LogP contribution in [0.3, 0.4) is 0 Å². The maximum atomic E-state index is 9.95. The third-order valence-electron chi connectivity index (χ3n) is 3.86. The van der Waals surface area contributed by atoms with Gasteiger partial charge in [0.25, 0.3) is 0 Å². The Morgan fingerprint density at radius 2 is 1.11 bits per heavy atom. The Bertz CT molecular complexity index is 557. The fourth-order valence-corrected chi connectivity index (χ4v) is 2.69. The summed E-state index contributed by atoms with van der Waals surface area (Å²) in [6, 6.07) is 0. The highest BCUT2D eigenvalue weighted by atomic mass is 16.1. The molecule has 0 fully saturated rings. The van der Waals surface area contributed by atoms with E-state index in [4.69, 9.17) is 0 Å². The largest absolute Gasteiger partial charge is 0.234 e. The molecule has 8 nitrogen and oxygen atoms in total. The number of carbonyl (C=O) groups excluding carboxylic acids is 4. The SMILES string of the molecule is CC(CN=C=O)CC(C)(C)CN=C=O.O=C=NCCCCCCCCN=C=O. The molecule has 0 aliphatic rings. The second-order valence-electron chi connectivity index (χ2n) is 7.38. The number of isocyanates is 4. The standard InChI is InChI=1S/2C10H16N2O2/c1-9(5-11-7-13)4-10(2,3)6-12-8-14;13-9-11-7-5-3-1-2-4-6-8-12-10-14/h9H,4-6H2,1-3H3;1-8H2. The summed E-state index contributed by atoms with van der Waals surface area (Å²) in [6.07, 6.45) is 13.4. The first-order valence-corrected chi connectivity index (χ1v) is 9.58. The smallest absolute Gasteiger partial charge is 0.211 e. The fourth-order valence-electron chi connectivity index (χ4n) is 2.69. The van der Waals surface area contributed by atoms with Crippen molar-refractivity contribution in [3.63, 3.8) is 0 Å². The second-order valence-corrected chi connectivity index (χ2v) is 7.38. The summed E-state index contributed by atoms with van der Waals surface area (Å²) >= 11 is 0. The first-order chi connectivity index (χ1) is 13.4. The van der Waals surface area contributed by atoms with Gasteiger partial charge in [0, 0.05) is 0 Å². The molecule has 0 aliphatic heterocycles. The molecule has 1 unspecified atom stereocenters. The average Bonchev–Trinajstić information content (AvgIpc) is 2.66. The zero-order valence-electron chi connectivity index (χ0n) is 17.3. The highest BCUT2D eigenvalue weighted by Gasteiger charge is 2.20. The van der Waals surface area contributed by atoms with Crippen molar-refractivity contribution >= 4 is 24.3 Å². The monoisotopic (exact) mass is 392 g/mol. The Morgan fingerprint density at radius 3 is 1.54 bits per heavy atom. The van der Waals surface area contributed by atoms with Crippen LogP contribution in [0.5, 0.6) is 0 Å². The summed E-state index contributed by atoms with van der Waals surface area (Å²) in [5.74, 6) is 0.299. The van der Waals surface area contributed by atoms with Gasteiger partial charge in [-0.15, -0.1) is 0 Å². The predicted octanol–water partition coefficient (Wildman–Crippen LogP) is 3.71. The van der Waals surface area contributed by atoms with Crippen LogP contribution in [0.2, 0.25) is 0 Å². The van der Waals surface area contributed by atoms with Gasteiger partial charge in [0.1, 0.15) is 0 Å². The van der Waals surface area contributed by atoms with Crippen molar-refractivity contribution in [3.8, 4) is 0 Å². The molecule has 156 valence electrons. The van der Waals surface area contributed by atoms with Crippen LogP contribution >= 0.6 is 0 Å². The zero-order valence-corrected chi connectivity index (χ0v) is 17.3. The minimum atomic E-state index is -0.0464. The number of rotatable bonds is 15. The molecule has 0 bridgehead atoms. The second kappa shape index (κ2) is 20.8. The topological polar surface area (TPSA) is 118 Å². The molecular weight excluding hydrogens is 360 g/mol. The van der Waals surface area contributed by atoms with Crippen molar-refractivity contribution < 1.29 is 19.2 Å². The van der Waals surface area contributed by atoms with Gasteiger partial charge >= 0.3 is 0 Å². The van der Waals surface area contributed by atoms with E-state index in [1.54, 1.807) is 0 Å². The number of hydrogen-bond donors (Lipinski definition) is 0. The van der Waals surface area contributed by atoms with E-state index >= 15 is 0 Å². The van der Waals surface area contributed by atoms with Crippen molar-refractivity contribution in [1.82, 2.24) is 0 Å². The van der Waals surface area contributed by atoms with E-state index < -0.39 is 0 Å². The molecule has 0 saturated heterocycles. The van der Waals surface area contributed by atoms with Crippen LogP contribution in [0.1, 0.15) is 65.7 Å². The Kier molecular flexibility index (Phi) is 20.6. The molecule has 1 atom stereocenters. The van der Waals surface area contributed by atoms with E-state index in [0.29, 0.717) is 32.1 Å². The van der Waals surface area contributed by atoms with Crippen LogP contribution < -0.4 is 0 Å². The van der Waals surface area contributed by atoms with E-state index in [1.165, 1.54) is 24.3 Å². The Hall–Kier alpha value is -2.48. The van der Waals surface area contributed by atoms with Gasteiger partial charge in [-0.25, -0.2) is 39.1 Å². The van der Waals surface area contributed by atoms with Gasteiger partial charge in [-0.1, -0.05) is 46.5 Å². The summed E-state index contributed by atoms with van der Waals surface area (Å²) in [5, 5.41) is 0. The van der Waals surface area contributed by atoms with Crippen LogP contribution in [0.15, 0.2) is 20.0 Å². The molecule has 0 spiro atoms. The quantitative estimate of drug-likeness (QED) is 0.240. The lowest BCUT2D eigenvalue weighted by molar-refractivity contribution is 0.291. The summed E-state index contributed by atoms with van der Waals surface area (Å²) in [7, 11) is 0. The van der Waals surface area contributed by atoms with Crippen LogP contribution in [0, 0.1) is 11.3 Å². The first kappa shape index (κ1) is 27.7. The Balaban J connectivity index is 0. The number of nitrogens with zero attached hydrogens (tertiary/aromatic N) is 4. The van der Waals surface area contributed by atoms with Crippen LogP contribution in [0.25, 0.3) is 0 Å². The summed E-state index contributed by atoms with van der Waals surface area (Å²) in [6.45, 7) is 8.19. The predicted molar refractivity (Wildman–Crippen MR) is 107 cm³/mol. The maximum absolute atomic E-state index is 9.95. The summed E-state index contributed by atoms with van der Waals surface area (Å²) in [4.78, 5) is 53.3. The Morgan fingerprint density at radius 1 is 0.679 bits per heavy atom. The van der Waals surface area contributed by atoms with Gasteiger partial charge in [0.2, 0.25) is 24.3 Å². The summed E-state index contributed by atoms with van der Waals surface area (Å²) < 4.78 is 0. The molecule has 0 saturated carbocycles. The molecule has 0 rings (SSSR count). The third-order valence-corrected chi connectivity index (χ3v) is 3.86. The molecule has 28 heavy (non-hydrogen) atoms. The minimum Gasteiger partial charge on any atom is -0.211 e. The lowest BCUT2D eigenvalue weighted by atomic mass is 9.83. The molecular formula is C20H32N4O4. The lowest BCUT2D eigenvalue weighted by Gasteiger charge is -2.24. The molecule has 0 radical (unpaired) electrons. The number of hydrogen-bond acceptors (Lipinski definition) is 8. The average molecular weight is 393 g/mol. The van der Waals surface area contributed by atoms with Gasteiger partial charge in [0.05, 0.1) is 26.2 Å². The van der Waals surface area contributed by atoms with Crippen molar-refractivity contribution in [2.45, 2.75) is 65.7 Å². The van der Waals surface area contributed by atoms with E-state index in [0.717, 1.165) is 44.9 Å². The van der Waals surface area contributed by atoms with E-state index in [9.17, 15) is 19.2 Å². The van der Waals surface area contributed by atoms with Crippen LogP contribution in [-0.2, 0) is 19.2 Å². The molecule has 0 N–H and O–H groups in total. The molecule has 0 amide bonds. The molecule has 0 aromatic heterocycles. The third kappa shape index (κ3) is 23.5. The number of aliphatic imine (C=N–C) groups is 4. The summed E-state index contributed by atoms with van der Waals surface area (Å²) in [5.41, 5.74) is -0.0464. The van der Waals surface area contributed by atoms with Gasteiger partial charge < -0.3 is 0 Å². The van der Waals surface area contributed by atoms with E-state index in [1.807, 2.05) is 20.8 Å². The lowest BCUT2D eigenvalue weighted by Crippen LogP contribution is -2.20. The molecule has 0 aliphatic carbocycles. The minimum absolute atomic E-state index is 0.0464. The van der Waals surface area contributed by atoms with Crippen molar-refractivity contribution in [2.24, 2.45) is 31.3 Å². The van der Waals surface area contributed by atoms with E-state index in [2.05, 4.69) is 20.0 Å². The fraction of sp³-hybridized carbons (Fsp3) is 0.800. The van der Waals surface area contributed by atoms with Gasteiger partial charge in [0.15, 0.2) is 0 Å². The van der Waals surface area contributed by atoms with Crippen molar-refractivity contribution in [2.75, 3.05) is 26.2 Å². The number of unbranched alkanes of at least 4 members (excludes halogenated alkanes) is 5. The van der Waals surface area contributed by atoms with Gasteiger partial charge in [-0.3, -0.25) is 0 Å². The van der Waals surface area contributed by atoms with Crippen molar-refractivity contribution in [3.05, 3.63) is 0 Å². The Labute approximate surface area is 167 Å². The molecule has 8 heteroatoms. The van der Waals surface area contributed by atoms with Gasteiger partial charge in [-0.05, 0) is 30.6 Å². The molecule has 0 aromatic carbocycles. The zero-order chi connectivity index (χ0) is 21.5. The normalized spacial score (nSPS) is 10.7. The van der Waals surface area contributed by atoms with Crippen molar-refractivity contribution in [1.29, 1.82) is 0 Å². The van der Waals surface area contributed by atoms with E-state index in [-0.39, 0.29) is 5.41 Å². The highest BCUT2D eigenvalue weighted by Crippen LogP contribution is 2.25. The maximum Gasteiger partial charge on any atom is 0.234 e. The van der Waals surface area contributed by atoms with Crippen LogP contribution in [0.4, 0.5) is 0 Å². The van der Waals surface area contributed by atoms with Crippen LogP contribution in [-0.4, -0.2) is 50.5 Å².